The van der Waals surface area contributed by atoms with Gasteiger partial charge >= 0.3 is 0 Å². The van der Waals surface area contributed by atoms with Crippen molar-refractivity contribution in [1.29, 1.82) is 0 Å². The maximum absolute atomic E-state index is 14.1. The van der Waals surface area contributed by atoms with Gasteiger partial charge in [-0.15, -0.1) is 0 Å². The summed E-state index contributed by atoms with van der Waals surface area (Å²) >= 11 is 0. The van der Waals surface area contributed by atoms with Gasteiger partial charge in [0.2, 0.25) is 15.9 Å². The maximum Gasteiger partial charge on any atom is 0.243 e. The van der Waals surface area contributed by atoms with Gasteiger partial charge in [0.15, 0.2) is 0 Å². The summed E-state index contributed by atoms with van der Waals surface area (Å²) < 4.78 is 40.3. The molecule has 1 N–H and O–H groups in total. The number of rotatable bonds is 4. The minimum absolute atomic E-state index is 0.0494. The molecule has 0 aliphatic carbocycles. The summed E-state index contributed by atoms with van der Waals surface area (Å²) in [5.74, 6) is -1.17. The van der Waals surface area contributed by atoms with Gasteiger partial charge in [-0.3, -0.25) is 4.79 Å². The number of halogens is 1. The summed E-state index contributed by atoms with van der Waals surface area (Å²) in [4.78, 5) is 12.8. The molecule has 5 nitrogen and oxygen atoms in total. The average Bonchev–Trinajstić information content (AvgIpc) is 2.62. The van der Waals surface area contributed by atoms with E-state index in [9.17, 15) is 17.6 Å². The van der Waals surface area contributed by atoms with Gasteiger partial charge in [0.05, 0.1) is 11.4 Å². The summed E-state index contributed by atoms with van der Waals surface area (Å²) in [6.45, 7) is 3.44. The maximum atomic E-state index is 14.1. The van der Waals surface area contributed by atoms with Crippen molar-refractivity contribution in [1.82, 2.24) is 4.31 Å². The second kappa shape index (κ2) is 7.17. The fourth-order valence-corrected chi connectivity index (χ4v) is 4.34. The van der Waals surface area contributed by atoms with E-state index in [1.54, 1.807) is 19.9 Å². The highest BCUT2D eigenvalue weighted by molar-refractivity contribution is 7.89. The van der Waals surface area contributed by atoms with Crippen LogP contribution in [0.25, 0.3) is 0 Å². The quantitative estimate of drug-likeness (QED) is 0.892. The standard InChI is InChI=1S/C19H21FN2O3S/c1-3-26(24,25)22-12-15-7-5-4-6-14(15)11-18(22)19(23)21-17-9-8-13(2)10-16(17)20/h4-10,18H,3,11-12H2,1-2H3,(H,21,23). The molecule has 0 fully saturated rings. The first-order chi connectivity index (χ1) is 12.3. The molecule has 7 heteroatoms. The molecule has 0 saturated heterocycles. The molecule has 1 amide bonds. The summed E-state index contributed by atoms with van der Waals surface area (Å²) in [5.41, 5.74) is 2.60. The number of sulfonamides is 1. The van der Waals surface area contributed by atoms with Crippen LogP contribution < -0.4 is 5.32 Å². The third kappa shape index (κ3) is 3.64. The zero-order valence-electron chi connectivity index (χ0n) is 14.7. The van der Waals surface area contributed by atoms with Crippen LogP contribution in [0.1, 0.15) is 23.6 Å². The molecular formula is C19H21FN2O3S. The Morgan fingerprint density at radius 1 is 1.23 bits per heavy atom. The van der Waals surface area contributed by atoms with Crippen LogP contribution in [0.5, 0.6) is 0 Å². The van der Waals surface area contributed by atoms with Gasteiger partial charge in [0.25, 0.3) is 0 Å². The number of carbonyl (C=O) groups excluding carboxylic acids is 1. The first-order valence-corrected chi connectivity index (χ1v) is 10.1. The third-order valence-corrected chi connectivity index (χ3v) is 6.44. The lowest BCUT2D eigenvalue weighted by atomic mass is 9.95. The van der Waals surface area contributed by atoms with Crippen molar-refractivity contribution >= 4 is 21.6 Å². The van der Waals surface area contributed by atoms with Crippen LogP contribution in [0.2, 0.25) is 0 Å². The minimum Gasteiger partial charge on any atom is -0.322 e. The van der Waals surface area contributed by atoms with E-state index in [1.807, 2.05) is 24.3 Å². The lowest BCUT2D eigenvalue weighted by molar-refractivity contribution is -0.120. The molecule has 1 atom stereocenters. The zero-order chi connectivity index (χ0) is 18.9. The topological polar surface area (TPSA) is 66.5 Å². The van der Waals surface area contributed by atoms with E-state index < -0.39 is 27.8 Å². The second-order valence-electron chi connectivity index (χ2n) is 6.41. The first kappa shape index (κ1) is 18.5. The summed E-state index contributed by atoms with van der Waals surface area (Å²) in [6, 6.07) is 11.0. The summed E-state index contributed by atoms with van der Waals surface area (Å²) in [6.07, 6.45) is 0.259. The van der Waals surface area contributed by atoms with Crippen molar-refractivity contribution in [2.24, 2.45) is 0 Å². The zero-order valence-corrected chi connectivity index (χ0v) is 15.5. The van der Waals surface area contributed by atoms with Crippen molar-refractivity contribution in [2.75, 3.05) is 11.1 Å². The van der Waals surface area contributed by atoms with Crippen molar-refractivity contribution < 1.29 is 17.6 Å². The van der Waals surface area contributed by atoms with E-state index in [1.165, 1.54) is 16.4 Å². The largest absolute Gasteiger partial charge is 0.322 e. The number of anilines is 1. The molecule has 0 radical (unpaired) electrons. The van der Waals surface area contributed by atoms with Gasteiger partial charge in [0.1, 0.15) is 11.9 Å². The molecule has 1 aliphatic rings. The van der Waals surface area contributed by atoms with Gasteiger partial charge in [0, 0.05) is 6.54 Å². The number of nitrogens with zero attached hydrogens (tertiary/aromatic N) is 1. The lowest BCUT2D eigenvalue weighted by Crippen LogP contribution is -2.51. The monoisotopic (exact) mass is 376 g/mol. The number of aryl methyl sites for hydroxylation is 1. The van der Waals surface area contributed by atoms with Crippen LogP contribution in [0.4, 0.5) is 10.1 Å². The normalized spacial score (nSPS) is 17.6. The van der Waals surface area contributed by atoms with Crippen LogP contribution in [-0.2, 0) is 27.8 Å². The Bertz CT molecular complexity index is 944. The highest BCUT2D eigenvalue weighted by atomic mass is 32.2. The fourth-order valence-electron chi connectivity index (χ4n) is 3.12. The SMILES string of the molecule is CCS(=O)(=O)N1Cc2ccccc2CC1C(=O)Nc1ccc(C)cc1F. The van der Waals surface area contributed by atoms with Gasteiger partial charge in [-0.05, 0) is 49.1 Å². The third-order valence-electron chi connectivity index (χ3n) is 4.61. The van der Waals surface area contributed by atoms with E-state index in [4.69, 9.17) is 0 Å². The van der Waals surface area contributed by atoms with E-state index in [2.05, 4.69) is 5.32 Å². The number of benzene rings is 2. The second-order valence-corrected chi connectivity index (χ2v) is 8.62. The van der Waals surface area contributed by atoms with Crippen LogP contribution in [0, 0.1) is 12.7 Å². The van der Waals surface area contributed by atoms with Crippen molar-refractivity contribution in [3.05, 3.63) is 65.0 Å². The van der Waals surface area contributed by atoms with Gasteiger partial charge in [-0.25, -0.2) is 12.8 Å². The smallest absolute Gasteiger partial charge is 0.243 e. The molecular weight excluding hydrogens is 355 g/mol. The van der Waals surface area contributed by atoms with E-state index >= 15 is 0 Å². The molecule has 0 aromatic heterocycles. The van der Waals surface area contributed by atoms with Crippen LogP contribution in [0.15, 0.2) is 42.5 Å². The van der Waals surface area contributed by atoms with Crippen LogP contribution >= 0.6 is 0 Å². The fraction of sp³-hybridized carbons (Fsp3) is 0.316. The summed E-state index contributed by atoms with van der Waals surface area (Å²) in [5, 5.41) is 2.54. The number of fused-ring (bicyclic) bond motifs is 1. The Hall–Kier alpha value is -2.25. The molecule has 2 aromatic carbocycles. The number of nitrogens with one attached hydrogen (secondary N) is 1. The Morgan fingerprint density at radius 2 is 1.92 bits per heavy atom. The molecule has 2 aromatic rings. The van der Waals surface area contributed by atoms with Gasteiger partial charge in [-0.1, -0.05) is 30.3 Å². The predicted octanol–water partition coefficient (Wildman–Crippen LogP) is 2.85. The van der Waals surface area contributed by atoms with Crippen LogP contribution in [-0.4, -0.2) is 30.4 Å². The van der Waals surface area contributed by atoms with Gasteiger partial charge in [-0.2, -0.15) is 4.31 Å². The predicted molar refractivity (Wildman–Crippen MR) is 98.7 cm³/mol. The number of hydrogen-bond acceptors (Lipinski definition) is 3. The van der Waals surface area contributed by atoms with Crippen molar-refractivity contribution in [3.63, 3.8) is 0 Å². The average molecular weight is 376 g/mol. The number of amides is 1. The van der Waals surface area contributed by atoms with E-state index in [0.717, 1.165) is 16.7 Å². The Morgan fingerprint density at radius 3 is 2.58 bits per heavy atom. The molecule has 3 rings (SSSR count). The molecule has 138 valence electrons. The molecule has 1 heterocycles. The number of carbonyl (C=O) groups is 1. The molecule has 26 heavy (non-hydrogen) atoms. The highest BCUT2D eigenvalue weighted by Gasteiger charge is 2.38. The highest BCUT2D eigenvalue weighted by Crippen LogP contribution is 2.27. The first-order valence-electron chi connectivity index (χ1n) is 8.45. The molecule has 0 saturated carbocycles. The Labute approximate surface area is 152 Å². The molecule has 1 unspecified atom stereocenters. The van der Waals surface area contributed by atoms with Crippen molar-refractivity contribution in [2.45, 2.75) is 32.9 Å². The lowest BCUT2D eigenvalue weighted by Gasteiger charge is -2.34. The molecule has 0 bridgehead atoms. The Balaban J connectivity index is 1.93. The Kier molecular flexibility index (Phi) is 5.11. The van der Waals surface area contributed by atoms with E-state index in [0.29, 0.717) is 0 Å². The molecule has 0 spiro atoms. The summed E-state index contributed by atoms with van der Waals surface area (Å²) in [7, 11) is -3.59. The van der Waals surface area contributed by atoms with Gasteiger partial charge < -0.3 is 5.32 Å². The number of hydrogen-bond donors (Lipinski definition) is 1. The molecule has 1 aliphatic heterocycles. The van der Waals surface area contributed by atoms with Crippen molar-refractivity contribution in [3.8, 4) is 0 Å². The minimum atomic E-state index is -3.59. The van der Waals surface area contributed by atoms with E-state index in [-0.39, 0.29) is 24.4 Å². The van der Waals surface area contributed by atoms with Crippen LogP contribution in [0.3, 0.4) is 0 Å².